The largest absolute Gasteiger partial charge is 0.469 e. The molecule has 6 heteroatoms. The fourth-order valence-corrected chi connectivity index (χ4v) is 3.12. The van der Waals surface area contributed by atoms with Crippen molar-refractivity contribution in [2.45, 2.75) is 24.7 Å². The topological polar surface area (TPSA) is 69.4 Å². The van der Waals surface area contributed by atoms with E-state index in [1.807, 2.05) is 0 Å². The monoisotopic (exact) mass is 217 g/mol. The van der Waals surface area contributed by atoms with Crippen molar-refractivity contribution in [2.24, 2.45) is 0 Å². The van der Waals surface area contributed by atoms with Gasteiger partial charge in [-0.3, -0.25) is 0 Å². The van der Waals surface area contributed by atoms with Crippen LogP contribution in [0, 0.1) is 0 Å². The molecule has 1 saturated heterocycles. The molecule has 1 unspecified atom stereocenters. The molecule has 1 aliphatic heterocycles. The molecule has 1 atom stereocenters. The van der Waals surface area contributed by atoms with E-state index in [4.69, 9.17) is 4.74 Å². The third-order valence-electron chi connectivity index (χ3n) is 2.20. The summed E-state index contributed by atoms with van der Waals surface area (Å²) in [4.78, 5) is 0. The number of hydrogen-bond donors (Lipinski definition) is 0. The summed E-state index contributed by atoms with van der Waals surface area (Å²) in [5, 5.41) is 3.44. The van der Waals surface area contributed by atoms with Crippen molar-refractivity contribution in [1.82, 2.24) is 5.16 Å². The molecule has 0 amide bonds. The molecule has 1 aromatic rings. The van der Waals surface area contributed by atoms with E-state index in [1.165, 1.54) is 12.5 Å². The molecule has 14 heavy (non-hydrogen) atoms. The zero-order valence-corrected chi connectivity index (χ0v) is 8.37. The van der Waals surface area contributed by atoms with Crippen molar-refractivity contribution in [3.05, 3.63) is 12.5 Å². The summed E-state index contributed by atoms with van der Waals surface area (Å²) >= 11 is 0. The van der Waals surface area contributed by atoms with Gasteiger partial charge in [0, 0.05) is 0 Å². The molecule has 78 valence electrons. The van der Waals surface area contributed by atoms with Gasteiger partial charge in [-0.05, 0) is 19.3 Å². The minimum absolute atomic E-state index is 0.211. The van der Waals surface area contributed by atoms with E-state index in [-0.39, 0.29) is 5.75 Å². The molecular weight excluding hydrogens is 206 g/mol. The van der Waals surface area contributed by atoms with Gasteiger partial charge in [-0.2, -0.15) is 0 Å². The summed E-state index contributed by atoms with van der Waals surface area (Å²) in [5.74, 6) is 0.587. The van der Waals surface area contributed by atoms with Crippen LogP contribution in [-0.2, 0) is 9.84 Å². The molecule has 5 nitrogen and oxygen atoms in total. The van der Waals surface area contributed by atoms with Crippen LogP contribution < -0.4 is 4.74 Å². The molecule has 0 bridgehead atoms. The van der Waals surface area contributed by atoms with E-state index < -0.39 is 15.3 Å². The molecule has 1 aromatic heterocycles. The Morgan fingerprint density at radius 1 is 1.50 bits per heavy atom. The molecule has 1 fully saturated rings. The van der Waals surface area contributed by atoms with Gasteiger partial charge in [-0.15, -0.1) is 0 Å². The number of nitrogens with zero attached hydrogens (tertiary/aromatic N) is 1. The molecule has 2 heterocycles. The van der Waals surface area contributed by atoms with E-state index in [0.717, 1.165) is 12.8 Å². The predicted octanol–water partition coefficient (Wildman–Crippen LogP) is 0.978. The first kappa shape index (κ1) is 9.51. The van der Waals surface area contributed by atoms with Gasteiger partial charge in [-0.25, -0.2) is 8.42 Å². The average molecular weight is 217 g/mol. The SMILES string of the molecule is O=S1(=O)CCCCC1Oc1cnoc1. The summed E-state index contributed by atoms with van der Waals surface area (Å²) in [5.41, 5.74) is -0.726. The van der Waals surface area contributed by atoms with Gasteiger partial charge in [0.15, 0.2) is 27.3 Å². The van der Waals surface area contributed by atoms with Crippen molar-refractivity contribution in [3.63, 3.8) is 0 Å². The van der Waals surface area contributed by atoms with Gasteiger partial charge >= 0.3 is 0 Å². The van der Waals surface area contributed by atoms with Crippen LogP contribution in [-0.4, -0.2) is 24.8 Å². The Hall–Kier alpha value is -1.04. The lowest BCUT2D eigenvalue weighted by molar-refractivity contribution is 0.249. The predicted molar refractivity (Wildman–Crippen MR) is 48.6 cm³/mol. The Morgan fingerprint density at radius 2 is 2.36 bits per heavy atom. The van der Waals surface area contributed by atoms with Gasteiger partial charge in [0.2, 0.25) is 0 Å². The Bertz CT molecular complexity index is 383. The highest BCUT2D eigenvalue weighted by Crippen LogP contribution is 2.22. The van der Waals surface area contributed by atoms with Crippen molar-refractivity contribution < 1.29 is 17.7 Å². The zero-order valence-electron chi connectivity index (χ0n) is 7.55. The maximum atomic E-state index is 11.5. The van der Waals surface area contributed by atoms with Crippen LogP contribution in [0.1, 0.15) is 19.3 Å². The number of ether oxygens (including phenoxy) is 1. The molecule has 0 spiro atoms. The summed E-state index contributed by atoms with van der Waals surface area (Å²) in [6.07, 6.45) is 4.82. The highest BCUT2D eigenvalue weighted by molar-refractivity contribution is 7.91. The summed E-state index contributed by atoms with van der Waals surface area (Å²) in [7, 11) is -3.09. The van der Waals surface area contributed by atoms with Crippen LogP contribution in [0.25, 0.3) is 0 Å². The summed E-state index contributed by atoms with van der Waals surface area (Å²) < 4.78 is 32.9. The van der Waals surface area contributed by atoms with Crippen LogP contribution in [0.3, 0.4) is 0 Å². The molecule has 0 aliphatic carbocycles. The van der Waals surface area contributed by atoms with Crippen LogP contribution in [0.15, 0.2) is 17.0 Å². The van der Waals surface area contributed by atoms with E-state index in [0.29, 0.717) is 12.2 Å². The lowest BCUT2D eigenvalue weighted by Crippen LogP contribution is -2.33. The highest BCUT2D eigenvalue weighted by atomic mass is 32.2. The number of rotatable bonds is 2. The molecule has 2 rings (SSSR count). The van der Waals surface area contributed by atoms with Crippen molar-refractivity contribution in [3.8, 4) is 5.75 Å². The van der Waals surface area contributed by atoms with Crippen LogP contribution in [0.5, 0.6) is 5.75 Å². The quantitative estimate of drug-likeness (QED) is 0.738. The van der Waals surface area contributed by atoms with Gasteiger partial charge in [-0.1, -0.05) is 5.16 Å². The maximum Gasteiger partial charge on any atom is 0.199 e. The van der Waals surface area contributed by atoms with Crippen molar-refractivity contribution >= 4 is 9.84 Å². The second-order valence-corrected chi connectivity index (χ2v) is 5.53. The van der Waals surface area contributed by atoms with Crippen molar-refractivity contribution in [1.29, 1.82) is 0 Å². The van der Waals surface area contributed by atoms with Gasteiger partial charge < -0.3 is 9.26 Å². The van der Waals surface area contributed by atoms with E-state index >= 15 is 0 Å². The third kappa shape index (κ3) is 1.89. The average Bonchev–Trinajstić information content (AvgIpc) is 2.61. The molecule has 0 saturated carbocycles. The molecule has 0 N–H and O–H groups in total. The fourth-order valence-electron chi connectivity index (χ4n) is 1.46. The number of hydrogen-bond acceptors (Lipinski definition) is 5. The smallest absolute Gasteiger partial charge is 0.199 e. The first-order valence-electron chi connectivity index (χ1n) is 4.46. The lowest BCUT2D eigenvalue weighted by atomic mass is 10.2. The fraction of sp³-hybridized carbons (Fsp3) is 0.625. The van der Waals surface area contributed by atoms with Gasteiger partial charge in [0.1, 0.15) is 6.20 Å². The van der Waals surface area contributed by atoms with Crippen molar-refractivity contribution in [2.75, 3.05) is 5.75 Å². The standard InChI is InChI=1S/C8H11NO4S/c10-14(11)4-2-1-3-8(14)13-7-5-9-12-6-7/h5-6,8H,1-4H2. The summed E-state index contributed by atoms with van der Waals surface area (Å²) in [6, 6.07) is 0. The normalized spacial score (nSPS) is 25.9. The summed E-state index contributed by atoms with van der Waals surface area (Å²) in [6.45, 7) is 0. The third-order valence-corrected chi connectivity index (χ3v) is 4.19. The minimum atomic E-state index is -3.09. The Morgan fingerprint density at radius 3 is 3.00 bits per heavy atom. The first-order valence-corrected chi connectivity index (χ1v) is 6.18. The lowest BCUT2D eigenvalue weighted by Gasteiger charge is -2.21. The second kappa shape index (κ2) is 3.61. The first-order chi connectivity index (χ1) is 6.68. The van der Waals surface area contributed by atoms with Crippen LogP contribution in [0.2, 0.25) is 0 Å². The molecule has 1 aliphatic rings. The Labute approximate surface area is 82.0 Å². The Kier molecular flexibility index (Phi) is 2.45. The van der Waals surface area contributed by atoms with E-state index in [2.05, 4.69) is 9.68 Å². The second-order valence-electron chi connectivity index (χ2n) is 3.27. The highest BCUT2D eigenvalue weighted by Gasteiger charge is 2.30. The van der Waals surface area contributed by atoms with Crippen LogP contribution >= 0.6 is 0 Å². The number of aromatic nitrogens is 1. The molecular formula is C8H11NO4S. The Balaban J connectivity index is 2.10. The van der Waals surface area contributed by atoms with Gasteiger partial charge in [0.25, 0.3) is 0 Å². The number of sulfone groups is 1. The molecule has 0 aromatic carbocycles. The minimum Gasteiger partial charge on any atom is -0.469 e. The van der Waals surface area contributed by atoms with E-state index in [1.54, 1.807) is 0 Å². The van der Waals surface area contributed by atoms with Gasteiger partial charge in [0.05, 0.1) is 5.75 Å². The maximum absolute atomic E-state index is 11.5. The zero-order chi connectivity index (χ0) is 10.0. The molecule has 0 radical (unpaired) electrons. The van der Waals surface area contributed by atoms with Crippen LogP contribution in [0.4, 0.5) is 0 Å². The van der Waals surface area contributed by atoms with E-state index in [9.17, 15) is 8.42 Å².